The average Bonchev–Trinajstić information content (AvgIpc) is 2.75. The van der Waals surface area contributed by atoms with Gasteiger partial charge in [0, 0.05) is 0 Å². The van der Waals surface area contributed by atoms with Gasteiger partial charge in [-0.2, -0.15) is 21.9 Å². The SMILES string of the molecule is CCCCCCCCCCCCc1ccccc1S(=O)(=O)Oc1ccc(C(C)(C)C)cc1.S. The molecule has 2 rings (SSSR count). The summed E-state index contributed by atoms with van der Waals surface area (Å²) in [4.78, 5) is 0.288. The number of benzene rings is 2. The molecule has 0 aliphatic rings. The van der Waals surface area contributed by atoms with Crippen molar-refractivity contribution in [1.82, 2.24) is 0 Å². The van der Waals surface area contributed by atoms with Gasteiger partial charge in [-0.15, -0.1) is 0 Å². The van der Waals surface area contributed by atoms with Crippen molar-refractivity contribution in [1.29, 1.82) is 0 Å². The second kappa shape index (κ2) is 14.7. The minimum atomic E-state index is -3.85. The third-order valence-corrected chi connectivity index (χ3v) is 7.32. The van der Waals surface area contributed by atoms with Crippen molar-refractivity contribution in [2.45, 2.75) is 109 Å². The molecule has 0 atom stereocenters. The molecule has 0 bridgehead atoms. The molecule has 0 N–H and O–H groups in total. The highest BCUT2D eigenvalue weighted by atomic mass is 32.2. The summed E-state index contributed by atoms with van der Waals surface area (Å²) in [7, 11) is -3.85. The zero-order chi connectivity index (χ0) is 23.5. The van der Waals surface area contributed by atoms with Crippen LogP contribution in [0.2, 0.25) is 0 Å². The van der Waals surface area contributed by atoms with Gasteiger partial charge in [-0.3, -0.25) is 0 Å². The Kier molecular flexibility index (Phi) is 13.2. The Morgan fingerprint density at radius 1 is 0.727 bits per heavy atom. The Hall–Kier alpha value is -1.46. The highest BCUT2D eigenvalue weighted by Gasteiger charge is 2.21. The predicted molar refractivity (Wildman–Crippen MR) is 145 cm³/mol. The van der Waals surface area contributed by atoms with Crippen LogP contribution in [0, 0.1) is 0 Å². The van der Waals surface area contributed by atoms with Crippen molar-refractivity contribution in [2.24, 2.45) is 0 Å². The van der Waals surface area contributed by atoms with Gasteiger partial charge in [0.1, 0.15) is 10.6 Å². The van der Waals surface area contributed by atoms with Gasteiger partial charge in [-0.1, -0.05) is 116 Å². The fourth-order valence-corrected chi connectivity index (χ4v) is 5.13. The van der Waals surface area contributed by atoms with Gasteiger partial charge in [0.15, 0.2) is 0 Å². The Morgan fingerprint density at radius 2 is 1.24 bits per heavy atom. The first-order valence-electron chi connectivity index (χ1n) is 12.4. The monoisotopic (exact) mass is 492 g/mol. The molecule has 0 radical (unpaired) electrons. The summed E-state index contributed by atoms with van der Waals surface area (Å²) in [6, 6.07) is 14.6. The Bertz CT molecular complexity index is 897. The smallest absolute Gasteiger partial charge is 0.339 e. The van der Waals surface area contributed by atoms with Gasteiger partial charge in [-0.25, -0.2) is 0 Å². The van der Waals surface area contributed by atoms with Crippen molar-refractivity contribution in [2.75, 3.05) is 0 Å². The first-order chi connectivity index (χ1) is 15.2. The van der Waals surface area contributed by atoms with Crippen LogP contribution in [0.25, 0.3) is 0 Å². The van der Waals surface area contributed by atoms with E-state index >= 15 is 0 Å². The van der Waals surface area contributed by atoms with Crippen molar-refractivity contribution in [3.05, 3.63) is 59.7 Å². The van der Waals surface area contributed by atoms with Crippen LogP contribution in [0.4, 0.5) is 0 Å². The summed E-state index contributed by atoms with van der Waals surface area (Å²) in [6.45, 7) is 8.64. The van der Waals surface area contributed by atoms with Gasteiger partial charge in [0.25, 0.3) is 0 Å². The van der Waals surface area contributed by atoms with Crippen molar-refractivity contribution < 1.29 is 12.6 Å². The summed E-state index contributed by atoms with van der Waals surface area (Å²) in [5.41, 5.74) is 2.00. The highest BCUT2D eigenvalue weighted by Crippen LogP contribution is 2.27. The molecule has 2 aromatic rings. The second-order valence-electron chi connectivity index (χ2n) is 9.85. The molecule has 0 amide bonds. The maximum Gasteiger partial charge on any atom is 0.339 e. The molecule has 3 nitrogen and oxygen atoms in total. The first-order valence-corrected chi connectivity index (χ1v) is 13.8. The number of unbranched alkanes of at least 4 members (excludes halogenated alkanes) is 9. The molecule has 33 heavy (non-hydrogen) atoms. The third-order valence-electron chi connectivity index (χ3n) is 5.97. The molecule has 186 valence electrons. The molecule has 0 aliphatic carbocycles. The molecular weight excluding hydrogens is 448 g/mol. The standard InChI is InChI=1S/C28H42O3S.H2S/c1-5-6-7-8-9-10-11-12-13-14-17-24-18-15-16-19-27(24)32(29,30)31-26-22-20-25(21-23-26)28(2,3)4;/h15-16,18-23H,5-14,17H2,1-4H3;1H2. The molecule has 0 aromatic heterocycles. The van der Waals surface area contributed by atoms with Gasteiger partial charge < -0.3 is 4.18 Å². The highest BCUT2D eigenvalue weighted by molar-refractivity contribution is 7.87. The summed E-state index contributed by atoms with van der Waals surface area (Å²) in [6.07, 6.45) is 13.4. The van der Waals surface area contributed by atoms with Crippen LogP contribution >= 0.6 is 13.5 Å². The largest absolute Gasteiger partial charge is 0.379 e. The van der Waals surface area contributed by atoms with E-state index in [4.69, 9.17) is 4.18 Å². The minimum absolute atomic E-state index is 0. The lowest BCUT2D eigenvalue weighted by atomic mass is 9.87. The zero-order valence-corrected chi connectivity index (χ0v) is 22.8. The lowest BCUT2D eigenvalue weighted by Crippen LogP contribution is -2.13. The molecule has 0 heterocycles. The van der Waals surface area contributed by atoms with Crippen LogP contribution in [0.15, 0.2) is 53.4 Å². The van der Waals surface area contributed by atoms with E-state index in [1.165, 1.54) is 51.4 Å². The van der Waals surface area contributed by atoms with E-state index in [-0.39, 0.29) is 23.8 Å². The molecule has 2 aromatic carbocycles. The van der Waals surface area contributed by atoms with E-state index in [1.807, 2.05) is 24.3 Å². The average molecular weight is 493 g/mol. The van der Waals surface area contributed by atoms with Crippen molar-refractivity contribution >= 4 is 23.6 Å². The van der Waals surface area contributed by atoms with Gasteiger partial charge in [0.2, 0.25) is 0 Å². The fourth-order valence-electron chi connectivity index (χ4n) is 3.94. The second-order valence-corrected chi connectivity index (χ2v) is 11.4. The van der Waals surface area contributed by atoms with Gasteiger partial charge in [-0.05, 0) is 47.6 Å². The lowest BCUT2D eigenvalue weighted by molar-refractivity contribution is 0.484. The topological polar surface area (TPSA) is 43.4 Å². The molecule has 0 aliphatic heterocycles. The number of hydrogen-bond donors (Lipinski definition) is 0. The maximum absolute atomic E-state index is 13.0. The van der Waals surface area contributed by atoms with E-state index < -0.39 is 10.1 Å². The number of rotatable bonds is 14. The summed E-state index contributed by atoms with van der Waals surface area (Å²) >= 11 is 0. The minimum Gasteiger partial charge on any atom is -0.379 e. The van der Waals surface area contributed by atoms with Crippen LogP contribution in [0.5, 0.6) is 5.75 Å². The summed E-state index contributed by atoms with van der Waals surface area (Å²) in [5, 5.41) is 0. The van der Waals surface area contributed by atoms with Crippen LogP contribution in [0.3, 0.4) is 0 Å². The molecule has 0 saturated heterocycles. The molecule has 0 fully saturated rings. The molecule has 0 spiro atoms. The number of aryl methyl sites for hydroxylation is 1. The van der Waals surface area contributed by atoms with E-state index in [0.717, 1.165) is 30.4 Å². The van der Waals surface area contributed by atoms with E-state index in [0.29, 0.717) is 5.75 Å². The van der Waals surface area contributed by atoms with E-state index in [9.17, 15) is 8.42 Å². The van der Waals surface area contributed by atoms with Crippen LogP contribution in [0.1, 0.15) is 103 Å². The lowest BCUT2D eigenvalue weighted by Gasteiger charge is -2.19. The molecule has 0 unspecified atom stereocenters. The van der Waals surface area contributed by atoms with Crippen LogP contribution in [-0.2, 0) is 22.0 Å². The Balaban J connectivity index is 0.00000544. The van der Waals surface area contributed by atoms with E-state index in [1.54, 1.807) is 24.3 Å². The summed E-state index contributed by atoms with van der Waals surface area (Å²) < 4.78 is 31.4. The zero-order valence-electron chi connectivity index (χ0n) is 21.0. The fraction of sp³-hybridized carbons (Fsp3) is 0.571. The quantitative estimate of drug-likeness (QED) is 0.197. The summed E-state index contributed by atoms with van der Waals surface area (Å²) in [5.74, 6) is 0.353. The Morgan fingerprint density at radius 3 is 1.79 bits per heavy atom. The molecule has 0 saturated carbocycles. The van der Waals surface area contributed by atoms with Gasteiger partial charge in [0.05, 0.1) is 0 Å². The van der Waals surface area contributed by atoms with Crippen LogP contribution in [-0.4, -0.2) is 8.42 Å². The number of hydrogen-bond acceptors (Lipinski definition) is 3. The first kappa shape index (κ1) is 29.6. The predicted octanol–water partition coefficient (Wildman–Crippen LogP) is 8.33. The van der Waals surface area contributed by atoms with Crippen molar-refractivity contribution in [3.8, 4) is 5.75 Å². The normalized spacial score (nSPS) is 11.8. The third kappa shape index (κ3) is 10.6. The Labute approximate surface area is 209 Å². The van der Waals surface area contributed by atoms with Gasteiger partial charge >= 0.3 is 10.1 Å². The van der Waals surface area contributed by atoms with E-state index in [2.05, 4.69) is 27.7 Å². The molecular formula is C28H44O3S2. The molecule has 5 heteroatoms. The maximum atomic E-state index is 13.0. The van der Waals surface area contributed by atoms with Crippen molar-refractivity contribution in [3.63, 3.8) is 0 Å². The van der Waals surface area contributed by atoms with Crippen LogP contribution < -0.4 is 4.18 Å².